The molecule has 0 aliphatic carbocycles. The number of unbranched alkanes of at least 4 members (excludes halogenated alkanes) is 1. The lowest BCUT2D eigenvalue weighted by Crippen LogP contribution is -2.36. The summed E-state index contributed by atoms with van der Waals surface area (Å²) in [6, 6.07) is 14.7. The van der Waals surface area contributed by atoms with Gasteiger partial charge in [0, 0.05) is 37.9 Å². The molecule has 6 rings (SSSR count). The van der Waals surface area contributed by atoms with Crippen LogP contribution in [0, 0.1) is 0 Å². The lowest BCUT2D eigenvalue weighted by Gasteiger charge is -2.37. The molecule has 1 atom stereocenters. The summed E-state index contributed by atoms with van der Waals surface area (Å²) in [5.74, 6) is 2.55. The van der Waals surface area contributed by atoms with Gasteiger partial charge in [0.15, 0.2) is 6.61 Å². The number of hydrogen-bond donors (Lipinski definition) is 2. The van der Waals surface area contributed by atoms with E-state index in [1.54, 1.807) is 0 Å². The summed E-state index contributed by atoms with van der Waals surface area (Å²) in [6.07, 6.45) is 6.94. The molecule has 1 amide bonds. The molecule has 0 saturated heterocycles. The van der Waals surface area contributed by atoms with Gasteiger partial charge in [-0.05, 0) is 60.2 Å². The minimum atomic E-state index is -0.112. The van der Waals surface area contributed by atoms with E-state index >= 15 is 0 Å². The minimum absolute atomic E-state index is 0.0223. The third kappa shape index (κ3) is 5.68. The number of nitrogens with zero attached hydrogens (tertiary/aromatic N) is 2. The Labute approximate surface area is 206 Å². The largest absolute Gasteiger partial charge is 0.494 e. The molecular weight excluding hydrogens is 440 g/mol. The van der Waals surface area contributed by atoms with E-state index in [4.69, 9.17) is 9.47 Å². The first-order valence-electron chi connectivity index (χ1n) is 12.7. The minimum Gasteiger partial charge on any atom is -0.494 e. The zero-order valence-corrected chi connectivity index (χ0v) is 20.4. The number of aromatic amines is 1. The van der Waals surface area contributed by atoms with Crippen LogP contribution in [0.25, 0.3) is 0 Å². The van der Waals surface area contributed by atoms with Gasteiger partial charge in [0.25, 0.3) is 5.91 Å². The van der Waals surface area contributed by atoms with E-state index in [9.17, 15) is 4.79 Å². The Morgan fingerprint density at radius 3 is 2.97 bits per heavy atom. The second-order valence-electron chi connectivity index (χ2n) is 9.36. The number of fused-ring (bicyclic) bond motifs is 8. The fourth-order valence-electron chi connectivity index (χ4n) is 4.95. The number of H-pyrrole nitrogens is 1. The molecular formula is C28H34N4O3. The molecule has 3 aromatic rings. The average molecular weight is 475 g/mol. The van der Waals surface area contributed by atoms with Crippen molar-refractivity contribution in [3.63, 3.8) is 0 Å². The van der Waals surface area contributed by atoms with Gasteiger partial charge in [-0.2, -0.15) is 0 Å². The van der Waals surface area contributed by atoms with Crippen LogP contribution < -0.4 is 14.8 Å². The number of rotatable bonds is 5. The summed E-state index contributed by atoms with van der Waals surface area (Å²) in [5, 5.41) is 2.89. The number of aromatic nitrogens is 2. The molecule has 1 unspecified atom stereocenters. The number of aryl methyl sites for hydroxylation is 1. The van der Waals surface area contributed by atoms with Crippen LogP contribution in [0.1, 0.15) is 60.4 Å². The number of benzene rings is 2. The SMILES string of the molecule is CCCCc1ncc(CN2CCc3cc4ccc3C2c2cccc(c2)OCCCNC(=O)CO4)[nH]1. The number of carbonyl (C=O) groups excluding carboxylic acids is 1. The Hall–Kier alpha value is -3.32. The smallest absolute Gasteiger partial charge is 0.257 e. The molecule has 1 aromatic heterocycles. The maximum atomic E-state index is 12.1. The lowest BCUT2D eigenvalue weighted by molar-refractivity contribution is -0.123. The fourth-order valence-corrected chi connectivity index (χ4v) is 4.95. The normalized spacial score (nSPS) is 18.5. The number of amides is 1. The topological polar surface area (TPSA) is 79.5 Å². The molecule has 2 N–H and O–H groups in total. The van der Waals surface area contributed by atoms with Crippen molar-refractivity contribution < 1.29 is 14.3 Å². The van der Waals surface area contributed by atoms with E-state index in [1.165, 1.54) is 16.7 Å². The number of carbonyl (C=O) groups is 1. The maximum Gasteiger partial charge on any atom is 0.257 e. The molecule has 3 aliphatic heterocycles. The molecule has 4 heterocycles. The standard InChI is InChI=1S/C28H34N4O3/c1-2-3-8-26-30-17-22(31-26)18-32-13-11-20-15-24-9-10-25(20)28(32)21-6-4-7-23(16-21)34-14-5-12-29-27(33)19-35-24/h4,6-7,9-10,15-17,28H,2-3,5,8,11-14,18-19H2,1H3,(H,29,33)(H,30,31). The molecule has 2 aromatic carbocycles. The van der Waals surface area contributed by atoms with Crippen LogP contribution in [0.2, 0.25) is 0 Å². The van der Waals surface area contributed by atoms with Crippen molar-refractivity contribution in [3.8, 4) is 11.5 Å². The Bertz CT molecular complexity index is 1160. The highest BCUT2D eigenvalue weighted by Gasteiger charge is 2.30. The highest BCUT2D eigenvalue weighted by Crippen LogP contribution is 2.38. The molecule has 0 spiro atoms. The van der Waals surface area contributed by atoms with Crippen molar-refractivity contribution in [1.82, 2.24) is 20.2 Å². The average Bonchev–Trinajstić information content (AvgIpc) is 3.32. The summed E-state index contributed by atoms with van der Waals surface area (Å²) < 4.78 is 11.8. The second-order valence-corrected chi connectivity index (χ2v) is 9.36. The molecule has 0 fully saturated rings. The molecule has 6 bridgehead atoms. The Morgan fingerprint density at radius 1 is 1.14 bits per heavy atom. The van der Waals surface area contributed by atoms with Gasteiger partial charge in [-0.3, -0.25) is 9.69 Å². The molecule has 35 heavy (non-hydrogen) atoms. The zero-order chi connectivity index (χ0) is 24.0. The van der Waals surface area contributed by atoms with Crippen molar-refractivity contribution in [1.29, 1.82) is 0 Å². The highest BCUT2D eigenvalue weighted by molar-refractivity contribution is 5.77. The van der Waals surface area contributed by atoms with Crippen LogP contribution in [0.5, 0.6) is 11.5 Å². The lowest BCUT2D eigenvalue weighted by atomic mass is 9.87. The van der Waals surface area contributed by atoms with Gasteiger partial charge in [0.1, 0.15) is 17.3 Å². The molecule has 0 saturated carbocycles. The molecule has 184 valence electrons. The molecule has 7 heteroatoms. The summed E-state index contributed by atoms with van der Waals surface area (Å²) in [6.45, 7) is 5.05. The molecule has 0 radical (unpaired) electrons. The van der Waals surface area contributed by atoms with Crippen molar-refractivity contribution in [2.75, 3.05) is 26.3 Å². The summed E-state index contributed by atoms with van der Waals surface area (Å²) >= 11 is 0. The monoisotopic (exact) mass is 474 g/mol. The number of hydrogen-bond acceptors (Lipinski definition) is 5. The van der Waals surface area contributed by atoms with E-state index in [0.29, 0.717) is 13.2 Å². The highest BCUT2D eigenvalue weighted by atomic mass is 16.5. The van der Waals surface area contributed by atoms with Gasteiger partial charge in [0.05, 0.1) is 12.6 Å². The maximum absolute atomic E-state index is 12.1. The van der Waals surface area contributed by atoms with Gasteiger partial charge in [0.2, 0.25) is 0 Å². The van der Waals surface area contributed by atoms with E-state index in [2.05, 4.69) is 57.4 Å². The fraction of sp³-hybridized carbons (Fsp3) is 0.429. The first-order chi connectivity index (χ1) is 17.2. The summed E-state index contributed by atoms with van der Waals surface area (Å²) in [7, 11) is 0. The molecule has 7 nitrogen and oxygen atoms in total. The predicted octanol–water partition coefficient (Wildman–Crippen LogP) is 4.18. The Morgan fingerprint density at radius 2 is 2.06 bits per heavy atom. The Balaban J connectivity index is 1.47. The van der Waals surface area contributed by atoms with Gasteiger partial charge in [-0.15, -0.1) is 0 Å². The Kier molecular flexibility index (Phi) is 7.33. The van der Waals surface area contributed by atoms with Crippen LogP contribution in [0.15, 0.2) is 48.7 Å². The first-order valence-corrected chi connectivity index (χ1v) is 12.7. The van der Waals surface area contributed by atoms with Crippen LogP contribution >= 0.6 is 0 Å². The third-order valence-electron chi connectivity index (χ3n) is 6.72. The van der Waals surface area contributed by atoms with Crippen molar-refractivity contribution in [3.05, 3.63) is 76.9 Å². The van der Waals surface area contributed by atoms with Crippen LogP contribution in [0.3, 0.4) is 0 Å². The van der Waals surface area contributed by atoms with E-state index < -0.39 is 0 Å². The number of nitrogens with one attached hydrogen (secondary N) is 2. The van der Waals surface area contributed by atoms with Crippen LogP contribution in [-0.4, -0.2) is 47.1 Å². The van der Waals surface area contributed by atoms with E-state index in [1.807, 2.05) is 18.3 Å². The molecule has 3 aliphatic rings. The van der Waals surface area contributed by atoms with Gasteiger partial charge in [-0.1, -0.05) is 31.5 Å². The summed E-state index contributed by atoms with van der Waals surface area (Å²) in [4.78, 5) is 22.8. The quantitative estimate of drug-likeness (QED) is 0.580. The van der Waals surface area contributed by atoms with Crippen LogP contribution in [-0.2, 0) is 24.2 Å². The first kappa shape index (κ1) is 23.4. The van der Waals surface area contributed by atoms with Crippen LogP contribution in [0.4, 0.5) is 0 Å². The predicted molar refractivity (Wildman–Crippen MR) is 135 cm³/mol. The number of ether oxygens (including phenoxy) is 2. The summed E-state index contributed by atoms with van der Waals surface area (Å²) in [5.41, 5.74) is 4.88. The van der Waals surface area contributed by atoms with E-state index in [0.717, 1.165) is 68.2 Å². The van der Waals surface area contributed by atoms with Crippen molar-refractivity contribution >= 4 is 5.91 Å². The van der Waals surface area contributed by atoms with Gasteiger partial charge < -0.3 is 19.8 Å². The van der Waals surface area contributed by atoms with Gasteiger partial charge in [-0.25, -0.2) is 4.98 Å². The van der Waals surface area contributed by atoms with E-state index in [-0.39, 0.29) is 18.6 Å². The zero-order valence-electron chi connectivity index (χ0n) is 20.4. The van der Waals surface area contributed by atoms with Crippen molar-refractivity contribution in [2.24, 2.45) is 0 Å². The van der Waals surface area contributed by atoms with Crippen molar-refractivity contribution in [2.45, 2.75) is 51.6 Å². The number of imidazole rings is 1. The second kappa shape index (κ2) is 11.0. The third-order valence-corrected chi connectivity index (χ3v) is 6.72. The van der Waals surface area contributed by atoms with Gasteiger partial charge >= 0.3 is 0 Å².